The Labute approximate surface area is 118 Å². The largest absolute Gasteiger partial charge is 0.345 e. The molecular weight excluding hydrogens is 254 g/mol. The summed E-state index contributed by atoms with van der Waals surface area (Å²) >= 11 is 0. The van der Waals surface area contributed by atoms with Gasteiger partial charge in [-0.2, -0.15) is 5.10 Å². The maximum atomic E-state index is 11.7. The molecule has 2 aromatic rings. The summed E-state index contributed by atoms with van der Waals surface area (Å²) in [5, 5.41) is 7.40. The van der Waals surface area contributed by atoms with Crippen molar-refractivity contribution >= 4 is 17.4 Å². The number of amides is 1. The molecule has 1 N–H and O–H groups in total. The van der Waals surface area contributed by atoms with Crippen molar-refractivity contribution in [2.45, 2.75) is 19.9 Å². The van der Waals surface area contributed by atoms with E-state index in [1.54, 1.807) is 38.6 Å². The molecule has 0 aliphatic heterocycles. The van der Waals surface area contributed by atoms with Gasteiger partial charge in [0.1, 0.15) is 5.82 Å². The van der Waals surface area contributed by atoms with E-state index < -0.39 is 0 Å². The minimum Gasteiger partial charge on any atom is -0.345 e. The molecule has 2 rings (SSSR count). The number of hydrogen-bond acceptors (Lipinski definition) is 4. The van der Waals surface area contributed by atoms with Gasteiger partial charge < -0.3 is 10.2 Å². The van der Waals surface area contributed by atoms with E-state index in [0.717, 1.165) is 5.69 Å². The molecule has 0 fully saturated rings. The van der Waals surface area contributed by atoms with Gasteiger partial charge in [-0.05, 0) is 26.0 Å². The monoisotopic (exact) mass is 273 g/mol. The Kier molecular flexibility index (Phi) is 4.02. The van der Waals surface area contributed by atoms with E-state index >= 15 is 0 Å². The van der Waals surface area contributed by atoms with Crippen LogP contribution in [0.5, 0.6) is 0 Å². The molecule has 0 aromatic carbocycles. The summed E-state index contributed by atoms with van der Waals surface area (Å²) in [6, 6.07) is 3.85. The van der Waals surface area contributed by atoms with Gasteiger partial charge in [0.2, 0.25) is 0 Å². The second-order valence-electron chi connectivity index (χ2n) is 5.06. The number of aromatic nitrogens is 3. The first-order valence-electron chi connectivity index (χ1n) is 6.46. The van der Waals surface area contributed by atoms with Crippen LogP contribution in [-0.4, -0.2) is 39.7 Å². The van der Waals surface area contributed by atoms with Crippen LogP contribution in [-0.2, 0) is 0 Å². The third-order valence-corrected chi connectivity index (χ3v) is 2.82. The smallest absolute Gasteiger partial charge is 0.254 e. The quantitative estimate of drug-likeness (QED) is 0.928. The Balaban J connectivity index is 2.08. The summed E-state index contributed by atoms with van der Waals surface area (Å²) in [5.74, 6) is 0.625. The molecule has 0 saturated carbocycles. The lowest BCUT2D eigenvalue weighted by Gasteiger charge is -2.10. The summed E-state index contributed by atoms with van der Waals surface area (Å²) < 4.78 is 1.87. The first-order valence-corrected chi connectivity index (χ1v) is 6.46. The van der Waals surface area contributed by atoms with E-state index in [1.807, 2.05) is 10.9 Å². The molecule has 2 aromatic heterocycles. The van der Waals surface area contributed by atoms with Gasteiger partial charge in [0.05, 0.1) is 17.4 Å². The van der Waals surface area contributed by atoms with Gasteiger partial charge in [-0.15, -0.1) is 0 Å². The molecule has 0 unspecified atom stereocenters. The second kappa shape index (κ2) is 5.73. The molecule has 20 heavy (non-hydrogen) atoms. The minimum atomic E-state index is -0.0586. The summed E-state index contributed by atoms with van der Waals surface area (Å²) in [7, 11) is 3.43. The highest BCUT2D eigenvalue weighted by atomic mass is 16.2. The zero-order valence-corrected chi connectivity index (χ0v) is 12.2. The standard InChI is InChI=1S/C14H19N5O/c1-10(2)19-9-12(8-16-19)17-13-6-5-11(7-15-13)14(20)18(3)4/h5-10H,1-4H3,(H,15,17). The number of nitrogens with one attached hydrogen (secondary N) is 1. The minimum absolute atomic E-state index is 0.0586. The Bertz CT molecular complexity index is 586. The maximum absolute atomic E-state index is 11.7. The van der Waals surface area contributed by atoms with Crippen molar-refractivity contribution in [3.63, 3.8) is 0 Å². The number of hydrogen-bond donors (Lipinski definition) is 1. The third kappa shape index (κ3) is 3.14. The molecule has 0 atom stereocenters. The number of carbonyl (C=O) groups excluding carboxylic acids is 1. The lowest BCUT2D eigenvalue weighted by molar-refractivity contribution is 0.0827. The van der Waals surface area contributed by atoms with Gasteiger partial charge in [-0.3, -0.25) is 9.48 Å². The fourth-order valence-corrected chi connectivity index (χ4v) is 1.69. The lowest BCUT2D eigenvalue weighted by Crippen LogP contribution is -2.21. The summed E-state index contributed by atoms with van der Waals surface area (Å²) in [5.41, 5.74) is 1.44. The van der Waals surface area contributed by atoms with Crippen molar-refractivity contribution in [1.29, 1.82) is 0 Å². The number of carbonyl (C=O) groups is 1. The van der Waals surface area contributed by atoms with Crippen LogP contribution in [0.1, 0.15) is 30.2 Å². The second-order valence-corrected chi connectivity index (χ2v) is 5.06. The molecule has 0 aliphatic rings. The Morgan fingerprint density at radius 1 is 1.30 bits per heavy atom. The van der Waals surface area contributed by atoms with Crippen LogP contribution in [0, 0.1) is 0 Å². The summed E-state index contributed by atoms with van der Waals surface area (Å²) in [6.45, 7) is 4.13. The molecule has 0 spiro atoms. The van der Waals surface area contributed by atoms with Crippen LogP contribution in [0.15, 0.2) is 30.7 Å². The Hall–Kier alpha value is -2.37. The molecule has 0 radical (unpaired) electrons. The van der Waals surface area contributed by atoms with Gasteiger partial charge in [0.15, 0.2) is 0 Å². The van der Waals surface area contributed by atoms with Gasteiger partial charge in [0, 0.05) is 32.5 Å². The number of pyridine rings is 1. The highest BCUT2D eigenvalue weighted by molar-refractivity contribution is 5.93. The maximum Gasteiger partial charge on any atom is 0.254 e. The van der Waals surface area contributed by atoms with Crippen molar-refractivity contribution in [1.82, 2.24) is 19.7 Å². The Morgan fingerprint density at radius 2 is 2.05 bits per heavy atom. The van der Waals surface area contributed by atoms with E-state index in [2.05, 4.69) is 29.2 Å². The van der Waals surface area contributed by atoms with E-state index in [4.69, 9.17) is 0 Å². The van der Waals surface area contributed by atoms with Crippen molar-refractivity contribution in [3.05, 3.63) is 36.3 Å². The van der Waals surface area contributed by atoms with Gasteiger partial charge in [-0.25, -0.2) is 4.98 Å². The van der Waals surface area contributed by atoms with E-state index in [9.17, 15) is 4.79 Å². The van der Waals surface area contributed by atoms with Crippen molar-refractivity contribution in [3.8, 4) is 0 Å². The average molecular weight is 273 g/mol. The molecule has 1 amide bonds. The zero-order valence-electron chi connectivity index (χ0n) is 12.2. The number of anilines is 2. The van der Waals surface area contributed by atoms with Crippen LogP contribution in [0.2, 0.25) is 0 Å². The zero-order chi connectivity index (χ0) is 14.7. The van der Waals surface area contributed by atoms with Crippen molar-refractivity contribution in [2.24, 2.45) is 0 Å². The highest BCUT2D eigenvalue weighted by Crippen LogP contribution is 2.15. The molecule has 106 valence electrons. The third-order valence-electron chi connectivity index (χ3n) is 2.82. The fourth-order valence-electron chi connectivity index (χ4n) is 1.69. The molecule has 2 heterocycles. The average Bonchev–Trinajstić information content (AvgIpc) is 2.87. The van der Waals surface area contributed by atoms with Crippen molar-refractivity contribution < 1.29 is 4.79 Å². The first-order chi connectivity index (χ1) is 9.47. The summed E-state index contributed by atoms with van der Waals surface area (Å²) in [6.07, 6.45) is 5.24. The predicted octanol–water partition coefficient (Wildman–Crippen LogP) is 2.30. The Morgan fingerprint density at radius 3 is 2.55 bits per heavy atom. The van der Waals surface area contributed by atoms with E-state index in [0.29, 0.717) is 17.4 Å². The summed E-state index contributed by atoms with van der Waals surface area (Å²) in [4.78, 5) is 17.5. The molecule has 0 bridgehead atoms. The van der Waals surface area contributed by atoms with Crippen molar-refractivity contribution in [2.75, 3.05) is 19.4 Å². The van der Waals surface area contributed by atoms with Crippen LogP contribution in [0.3, 0.4) is 0 Å². The van der Waals surface area contributed by atoms with Gasteiger partial charge in [-0.1, -0.05) is 0 Å². The van der Waals surface area contributed by atoms with Crippen LogP contribution in [0.25, 0.3) is 0 Å². The molecule has 0 aliphatic carbocycles. The normalized spacial score (nSPS) is 10.7. The van der Waals surface area contributed by atoms with Gasteiger partial charge in [0.25, 0.3) is 5.91 Å². The van der Waals surface area contributed by atoms with Gasteiger partial charge >= 0.3 is 0 Å². The predicted molar refractivity (Wildman–Crippen MR) is 78.1 cm³/mol. The molecule has 6 heteroatoms. The van der Waals surface area contributed by atoms with E-state index in [1.165, 1.54) is 4.90 Å². The number of nitrogens with zero attached hydrogens (tertiary/aromatic N) is 4. The number of rotatable bonds is 4. The first kappa shape index (κ1) is 14.0. The molecular formula is C14H19N5O. The molecule has 6 nitrogen and oxygen atoms in total. The van der Waals surface area contributed by atoms with E-state index in [-0.39, 0.29) is 5.91 Å². The highest BCUT2D eigenvalue weighted by Gasteiger charge is 2.08. The fraction of sp³-hybridized carbons (Fsp3) is 0.357. The molecule has 0 saturated heterocycles. The lowest BCUT2D eigenvalue weighted by atomic mass is 10.2. The van der Waals surface area contributed by atoms with Crippen LogP contribution < -0.4 is 5.32 Å². The van der Waals surface area contributed by atoms with Crippen LogP contribution >= 0.6 is 0 Å². The van der Waals surface area contributed by atoms with Crippen LogP contribution in [0.4, 0.5) is 11.5 Å². The SMILES string of the molecule is CC(C)n1cc(Nc2ccc(C(=O)N(C)C)cn2)cn1. The topological polar surface area (TPSA) is 63.1 Å².